The Morgan fingerprint density at radius 2 is 0.931 bits per heavy atom. The summed E-state index contributed by atoms with van der Waals surface area (Å²) in [5, 5.41) is 11.9. The molecule has 0 aromatic rings. The summed E-state index contributed by atoms with van der Waals surface area (Å²) in [6.07, 6.45) is 55.3. The van der Waals surface area contributed by atoms with E-state index in [0.717, 1.165) is 77.0 Å². The van der Waals surface area contributed by atoms with Gasteiger partial charge in [-0.1, -0.05) is 211 Å². The highest BCUT2D eigenvalue weighted by Crippen LogP contribution is 2.17. The van der Waals surface area contributed by atoms with Crippen molar-refractivity contribution in [3.8, 4) is 0 Å². The second-order valence-electron chi connectivity index (χ2n) is 16.9. The van der Waals surface area contributed by atoms with Crippen LogP contribution in [0.15, 0.2) is 36.5 Å². The molecule has 338 valence electrons. The fourth-order valence-corrected chi connectivity index (χ4v) is 7.50. The normalized spacial score (nSPS) is 12.9. The summed E-state index contributed by atoms with van der Waals surface area (Å²) in [7, 11) is 0. The maximum absolute atomic E-state index is 12.8. The molecule has 0 aliphatic carbocycles. The van der Waals surface area contributed by atoms with E-state index in [1.165, 1.54) is 135 Å². The van der Waals surface area contributed by atoms with Gasteiger partial charge in [-0.2, -0.15) is 0 Å². The number of amides is 1. The topological polar surface area (TPSA) is 119 Å². The van der Waals surface area contributed by atoms with Crippen molar-refractivity contribution >= 4 is 17.8 Å². The van der Waals surface area contributed by atoms with Crippen LogP contribution in [0.25, 0.3) is 0 Å². The number of carboxylic acids is 1. The molecular formula is C51H94N2O5. The number of nitrogens with two attached hydrogens (primary N) is 1. The van der Waals surface area contributed by atoms with E-state index in [0.29, 0.717) is 32.2 Å². The van der Waals surface area contributed by atoms with Gasteiger partial charge in [0, 0.05) is 12.8 Å². The molecule has 0 saturated heterocycles. The SMILES string of the molecule is CC/C=C\C/C=C\C/C=C\C(CCCCCCCCC(=O)NC(CCCN)C(=O)O)OC(=O)CCCCCCCCCCCCCCCCCCCCCCCCC. The quantitative estimate of drug-likeness (QED) is 0.0320. The molecule has 0 aliphatic rings. The van der Waals surface area contributed by atoms with E-state index in [4.69, 9.17) is 10.5 Å². The molecule has 7 nitrogen and oxygen atoms in total. The maximum atomic E-state index is 12.8. The van der Waals surface area contributed by atoms with Gasteiger partial charge in [-0.05, 0) is 70.4 Å². The molecule has 0 heterocycles. The fourth-order valence-electron chi connectivity index (χ4n) is 7.50. The second kappa shape index (κ2) is 45.7. The van der Waals surface area contributed by atoms with Crippen LogP contribution in [-0.4, -0.2) is 41.6 Å². The first kappa shape index (κ1) is 55.6. The van der Waals surface area contributed by atoms with Crippen LogP contribution >= 0.6 is 0 Å². The van der Waals surface area contributed by atoms with Gasteiger partial charge in [-0.15, -0.1) is 0 Å². The van der Waals surface area contributed by atoms with Crippen LogP contribution in [0.2, 0.25) is 0 Å². The molecule has 0 aromatic heterocycles. The van der Waals surface area contributed by atoms with Gasteiger partial charge in [0.15, 0.2) is 0 Å². The number of nitrogens with one attached hydrogen (secondary N) is 1. The van der Waals surface area contributed by atoms with Crippen molar-refractivity contribution in [2.75, 3.05) is 6.54 Å². The number of carbonyl (C=O) groups excluding carboxylic acids is 2. The number of hydrogen-bond acceptors (Lipinski definition) is 5. The van der Waals surface area contributed by atoms with Crippen molar-refractivity contribution in [3.05, 3.63) is 36.5 Å². The summed E-state index contributed by atoms with van der Waals surface area (Å²) < 4.78 is 5.95. The van der Waals surface area contributed by atoms with Crippen LogP contribution in [0.5, 0.6) is 0 Å². The molecule has 2 atom stereocenters. The summed E-state index contributed by atoms with van der Waals surface area (Å²) in [6, 6.07) is -0.857. The van der Waals surface area contributed by atoms with E-state index < -0.39 is 12.0 Å². The van der Waals surface area contributed by atoms with Crippen LogP contribution in [0.3, 0.4) is 0 Å². The lowest BCUT2D eigenvalue weighted by atomic mass is 10.0. The number of carboxylic acid groups (broad SMARTS) is 1. The Balaban J connectivity index is 4.06. The summed E-state index contributed by atoms with van der Waals surface area (Å²) in [6.45, 7) is 4.84. The lowest BCUT2D eigenvalue weighted by molar-refractivity contribution is -0.147. The summed E-state index contributed by atoms with van der Waals surface area (Å²) in [5.74, 6) is -1.29. The molecule has 58 heavy (non-hydrogen) atoms. The molecular weight excluding hydrogens is 721 g/mol. The predicted octanol–water partition coefficient (Wildman–Crippen LogP) is 14.6. The monoisotopic (exact) mass is 815 g/mol. The Morgan fingerprint density at radius 3 is 1.38 bits per heavy atom. The number of allylic oxidation sites excluding steroid dienone is 5. The number of unbranched alkanes of at least 4 members (excludes halogenated alkanes) is 27. The first-order valence-electron chi connectivity index (χ1n) is 24.8. The summed E-state index contributed by atoms with van der Waals surface area (Å²) >= 11 is 0. The van der Waals surface area contributed by atoms with Crippen molar-refractivity contribution in [1.29, 1.82) is 0 Å². The van der Waals surface area contributed by atoms with Crippen molar-refractivity contribution in [3.63, 3.8) is 0 Å². The molecule has 0 rings (SSSR count). The fraction of sp³-hybridized carbons (Fsp3) is 0.824. The smallest absolute Gasteiger partial charge is 0.326 e. The number of esters is 1. The van der Waals surface area contributed by atoms with Crippen LogP contribution in [0, 0.1) is 0 Å². The predicted molar refractivity (Wildman–Crippen MR) is 248 cm³/mol. The zero-order chi connectivity index (χ0) is 42.4. The average molecular weight is 815 g/mol. The van der Waals surface area contributed by atoms with E-state index in [-0.39, 0.29) is 18.0 Å². The van der Waals surface area contributed by atoms with Crippen LogP contribution in [0.4, 0.5) is 0 Å². The Labute approximate surface area is 358 Å². The number of carbonyl (C=O) groups is 3. The zero-order valence-corrected chi connectivity index (χ0v) is 38.1. The molecule has 0 radical (unpaired) electrons. The Kier molecular flexibility index (Phi) is 43.8. The minimum absolute atomic E-state index is 0.0789. The van der Waals surface area contributed by atoms with E-state index in [9.17, 15) is 19.5 Å². The first-order valence-corrected chi connectivity index (χ1v) is 24.8. The molecule has 0 aliphatic heterocycles. The van der Waals surface area contributed by atoms with Crippen LogP contribution in [0.1, 0.15) is 251 Å². The summed E-state index contributed by atoms with van der Waals surface area (Å²) in [4.78, 5) is 36.3. The second-order valence-corrected chi connectivity index (χ2v) is 16.9. The van der Waals surface area contributed by atoms with Gasteiger partial charge in [0.2, 0.25) is 5.91 Å². The maximum Gasteiger partial charge on any atom is 0.326 e. The average Bonchev–Trinajstić information content (AvgIpc) is 3.21. The minimum atomic E-state index is -1.01. The standard InChI is InChI=1S/C51H94N2O5/c1-3-5-7-9-11-13-14-15-16-17-18-19-20-21-22-23-24-25-26-27-29-35-39-45-50(55)58-47(41-36-32-28-12-10-8-6-4-2)42-37-33-30-31-34-38-44-49(54)53-48(51(56)57)43-40-46-52/h6,8,12,28,36,41,47-48H,3-5,7,9-11,13-27,29-35,37-40,42-46,52H2,1-2H3,(H,53,54)(H,56,57)/b8-6-,28-12-,41-36-. The van der Waals surface area contributed by atoms with Crippen LogP contribution < -0.4 is 11.1 Å². The largest absolute Gasteiger partial charge is 0.480 e. The molecule has 0 bridgehead atoms. The minimum Gasteiger partial charge on any atom is -0.480 e. The zero-order valence-electron chi connectivity index (χ0n) is 38.1. The highest BCUT2D eigenvalue weighted by Gasteiger charge is 2.18. The van der Waals surface area contributed by atoms with Crippen molar-refractivity contribution in [2.45, 2.75) is 264 Å². The third-order valence-corrected chi connectivity index (χ3v) is 11.2. The molecule has 2 unspecified atom stereocenters. The van der Waals surface area contributed by atoms with E-state index in [2.05, 4.69) is 55.6 Å². The first-order chi connectivity index (χ1) is 28.4. The Bertz CT molecular complexity index is 1010. The van der Waals surface area contributed by atoms with Gasteiger partial charge in [-0.3, -0.25) is 9.59 Å². The molecule has 1 amide bonds. The van der Waals surface area contributed by atoms with Gasteiger partial charge in [0.05, 0.1) is 0 Å². The molecule has 0 spiro atoms. The molecule has 0 aromatic carbocycles. The van der Waals surface area contributed by atoms with Crippen molar-refractivity contribution in [2.24, 2.45) is 5.73 Å². The lowest BCUT2D eigenvalue weighted by Crippen LogP contribution is -2.40. The van der Waals surface area contributed by atoms with Crippen molar-refractivity contribution in [1.82, 2.24) is 5.32 Å². The highest BCUT2D eigenvalue weighted by molar-refractivity contribution is 5.83. The van der Waals surface area contributed by atoms with Crippen molar-refractivity contribution < 1.29 is 24.2 Å². The van der Waals surface area contributed by atoms with Crippen LogP contribution in [-0.2, 0) is 19.1 Å². The lowest BCUT2D eigenvalue weighted by Gasteiger charge is -2.15. The Morgan fingerprint density at radius 1 is 0.517 bits per heavy atom. The van der Waals surface area contributed by atoms with Gasteiger partial charge in [-0.25, -0.2) is 4.79 Å². The third-order valence-electron chi connectivity index (χ3n) is 11.2. The number of aliphatic carboxylic acids is 1. The summed E-state index contributed by atoms with van der Waals surface area (Å²) in [5.41, 5.74) is 5.48. The molecule has 7 heteroatoms. The molecule has 0 fully saturated rings. The number of rotatable bonds is 45. The number of ether oxygens (including phenoxy) is 1. The highest BCUT2D eigenvalue weighted by atomic mass is 16.5. The van der Waals surface area contributed by atoms with E-state index in [1.807, 2.05) is 0 Å². The van der Waals surface area contributed by atoms with Gasteiger partial charge in [0.25, 0.3) is 0 Å². The van der Waals surface area contributed by atoms with Gasteiger partial charge >= 0.3 is 11.9 Å². The van der Waals surface area contributed by atoms with Gasteiger partial charge in [0.1, 0.15) is 12.1 Å². The van der Waals surface area contributed by atoms with Gasteiger partial charge < -0.3 is 20.9 Å². The molecule has 0 saturated carbocycles. The van der Waals surface area contributed by atoms with E-state index >= 15 is 0 Å². The number of hydrogen-bond donors (Lipinski definition) is 3. The molecule has 4 N–H and O–H groups in total. The Hall–Kier alpha value is -2.41. The third kappa shape index (κ3) is 41.7. The van der Waals surface area contributed by atoms with E-state index in [1.54, 1.807) is 0 Å².